The average molecular weight is 615 g/mol. The lowest BCUT2D eigenvalue weighted by molar-refractivity contribution is 0.669. The van der Waals surface area contributed by atoms with Crippen LogP contribution in [0.4, 0.5) is 0 Å². The van der Waals surface area contributed by atoms with Crippen molar-refractivity contribution in [2.45, 2.75) is 0 Å². The van der Waals surface area contributed by atoms with Crippen molar-refractivity contribution in [1.29, 1.82) is 0 Å². The third-order valence-electron chi connectivity index (χ3n) is 12.2. The molecule has 11 heteroatoms. The SMILES string of the molecule is Bc1c(B)c(B)c(-c2c3ccccc3c(-c3ccc4c(c3)oc3cccc(-c5c(B)c(B)c(B)c(B)c5B)c34)c3ccccc23)c(B)c1B. The van der Waals surface area contributed by atoms with E-state index in [-0.39, 0.29) is 0 Å². The van der Waals surface area contributed by atoms with E-state index in [0.29, 0.717) is 0 Å². The van der Waals surface area contributed by atoms with Gasteiger partial charge < -0.3 is 4.42 Å². The van der Waals surface area contributed by atoms with Crippen molar-refractivity contribution < 1.29 is 4.42 Å². The van der Waals surface area contributed by atoms with E-state index in [4.69, 9.17) is 4.42 Å². The summed E-state index contributed by atoms with van der Waals surface area (Å²) in [7, 11) is 22.7. The molecule has 7 aromatic carbocycles. The fourth-order valence-corrected chi connectivity index (χ4v) is 8.68. The summed E-state index contributed by atoms with van der Waals surface area (Å²) in [6, 6.07) is 31.4. The molecule has 0 fully saturated rings. The number of rotatable bonds is 3. The Morgan fingerprint density at radius 2 is 0.776 bits per heavy atom. The second kappa shape index (κ2) is 11.5. The molecule has 8 rings (SSSR count). The van der Waals surface area contributed by atoms with E-state index in [1.54, 1.807) is 0 Å². The van der Waals surface area contributed by atoms with Gasteiger partial charge in [0.15, 0.2) is 0 Å². The van der Waals surface area contributed by atoms with Gasteiger partial charge in [0.25, 0.3) is 0 Å². The van der Waals surface area contributed by atoms with Crippen LogP contribution in [0.2, 0.25) is 0 Å². The Labute approximate surface area is 298 Å². The van der Waals surface area contributed by atoms with E-state index < -0.39 is 0 Å². The van der Waals surface area contributed by atoms with Gasteiger partial charge in [-0.05, 0) is 73.1 Å². The van der Waals surface area contributed by atoms with Gasteiger partial charge in [-0.3, -0.25) is 0 Å². The van der Waals surface area contributed by atoms with Crippen molar-refractivity contribution in [1.82, 2.24) is 0 Å². The molecule has 0 unspecified atom stereocenters. The van der Waals surface area contributed by atoms with Gasteiger partial charge in [0.05, 0.1) is 0 Å². The smallest absolute Gasteiger partial charge is 0.139 e. The summed E-state index contributed by atoms with van der Waals surface area (Å²) in [5.41, 5.74) is 23.3. The van der Waals surface area contributed by atoms with E-state index >= 15 is 0 Å². The van der Waals surface area contributed by atoms with Crippen LogP contribution in [-0.4, -0.2) is 78.5 Å². The van der Waals surface area contributed by atoms with Crippen molar-refractivity contribution in [2.75, 3.05) is 0 Å². The molecule has 0 saturated carbocycles. The maximum Gasteiger partial charge on any atom is 0.139 e. The largest absolute Gasteiger partial charge is 0.456 e. The molecule has 0 N–H and O–H groups in total. The van der Waals surface area contributed by atoms with Crippen molar-refractivity contribution in [3.63, 3.8) is 0 Å². The van der Waals surface area contributed by atoms with E-state index in [0.717, 1.165) is 16.6 Å². The summed E-state index contributed by atoms with van der Waals surface area (Å²) >= 11 is 0. The van der Waals surface area contributed by atoms with Crippen molar-refractivity contribution in [3.05, 3.63) is 84.9 Å². The predicted molar refractivity (Wildman–Crippen MR) is 247 cm³/mol. The predicted octanol–water partition coefficient (Wildman–Crippen LogP) is -6.52. The zero-order chi connectivity index (χ0) is 34.5. The first-order valence-electron chi connectivity index (χ1n) is 17.5. The topological polar surface area (TPSA) is 13.1 Å². The van der Waals surface area contributed by atoms with Gasteiger partial charge in [-0.1, -0.05) is 88.6 Å². The number of benzene rings is 7. The zero-order valence-corrected chi connectivity index (χ0v) is 30.5. The van der Waals surface area contributed by atoms with Crippen molar-refractivity contribution >= 4 is 177 Å². The first-order chi connectivity index (χ1) is 23.5. The summed E-state index contributed by atoms with van der Waals surface area (Å²) in [5.74, 6) is 0. The minimum Gasteiger partial charge on any atom is -0.456 e. The summed E-state index contributed by atoms with van der Waals surface area (Å²) in [4.78, 5) is 0. The number of hydrogen-bond donors (Lipinski definition) is 0. The summed E-state index contributed by atoms with van der Waals surface area (Å²) in [6.45, 7) is 0. The molecule has 0 radical (unpaired) electrons. The Hall–Kier alpha value is -4.49. The van der Waals surface area contributed by atoms with E-state index in [1.807, 2.05) is 0 Å². The molecule has 0 aliphatic rings. The fourth-order valence-electron chi connectivity index (χ4n) is 8.68. The standard InChI is InChI=1S/C38H34B10O/c39-29-27(30(40)34(44)37(47)33(29)43)21-10-5-11-22-25(21)20-13-12-15(14-23(20)49-22)24-16-6-1-3-8-18(16)26(19-9-4-2-7-17(19)24)28-31(41)35(45)38(48)36(46)32(28)42/h1-14H,39-48H2. The maximum atomic E-state index is 6.73. The fraction of sp³-hybridized carbons (Fsp3) is 0. The molecule has 8 aromatic rings. The molecule has 49 heavy (non-hydrogen) atoms. The Balaban J connectivity index is 1.43. The summed E-state index contributed by atoms with van der Waals surface area (Å²) < 4.78 is 6.73. The molecule has 0 aliphatic carbocycles. The van der Waals surface area contributed by atoms with Crippen LogP contribution in [0.15, 0.2) is 89.3 Å². The molecular weight excluding hydrogens is 581 g/mol. The van der Waals surface area contributed by atoms with E-state index in [1.165, 1.54) is 115 Å². The summed E-state index contributed by atoms with van der Waals surface area (Å²) in [6.07, 6.45) is 0. The van der Waals surface area contributed by atoms with Gasteiger partial charge in [-0.15, -0.1) is 32.8 Å². The highest BCUT2D eigenvalue weighted by atomic mass is 16.3. The molecule has 1 nitrogen and oxygen atoms in total. The lowest BCUT2D eigenvalue weighted by Crippen LogP contribution is -2.55. The minimum absolute atomic E-state index is 0.921. The molecule has 0 saturated heterocycles. The minimum atomic E-state index is 0.921. The van der Waals surface area contributed by atoms with Crippen LogP contribution in [0, 0.1) is 0 Å². The number of fused-ring (bicyclic) bond motifs is 5. The third kappa shape index (κ3) is 4.54. The second-order valence-electron chi connectivity index (χ2n) is 14.3. The zero-order valence-electron chi connectivity index (χ0n) is 30.5. The second-order valence-corrected chi connectivity index (χ2v) is 14.3. The van der Waals surface area contributed by atoms with Crippen LogP contribution in [-0.2, 0) is 0 Å². The number of furan rings is 1. The lowest BCUT2D eigenvalue weighted by Gasteiger charge is -2.24. The highest BCUT2D eigenvalue weighted by Crippen LogP contribution is 2.44. The van der Waals surface area contributed by atoms with Gasteiger partial charge in [0.2, 0.25) is 0 Å². The van der Waals surface area contributed by atoms with Gasteiger partial charge >= 0.3 is 0 Å². The highest BCUT2D eigenvalue weighted by molar-refractivity contribution is 6.70. The molecule has 0 amide bonds. The highest BCUT2D eigenvalue weighted by Gasteiger charge is 2.22. The van der Waals surface area contributed by atoms with E-state index in [9.17, 15) is 0 Å². The third-order valence-corrected chi connectivity index (χ3v) is 12.2. The maximum absolute atomic E-state index is 6.73. The Bertz CT molecular complexity index is 2620. The lowest BCUT2D eigenvalue weighted by atomic mass is 9.59. The quantitative estimate of drug-likeness (QED) is 0.143. The van der Waals surface area contributed by atoms with Crippen molar-refractivity contribution in [2.24, 2.45) is 0 Å². The molecule has 0 aliphatic heterocycles. The van der Waals surface area contributed by atoms with E-state index in [2.05, 4.69) is 163 Å². The first kappa shape index (κ1) is 31.8. The van der Waals surface area contributed by atoms with Crippen LogP contribution in [0.25, 0.3) is 76.9 Å². The van der Waals surface area contributed by atoms with Crippen LogP contribution < -0.4 is 54.6 Å². The monoisotopic (exact) mass is 616 g/mol. The van der Waals surface area contributed by atoms with Crippen LogP contribution in [0.3, 0.4) is 0 Å². The van der Waals surface area contributed by atoms with Gasteiger partial charge in [0, 0.05) is 10.8 Å². The molecule has 1 heterocycles. The Morgan fingerprint density at radius 1 is 0.327 bits per heavy atom. The van der Waals surface area contributed by atoms with Crippen LogP contribution >= 0.6 is 0 Å². The average Bonchev–Trinajstić information content (AvgIpc) is 3.50. The normalized spacial score (nSPS) is 11.7. The molecule has 0 atom stereocenters. The molecular formula is C38H34B10O. The molecule has 1 aromatic heterocycles. The van der Waals surface area contributed by atoms with Gasteiger partial charge in [0.1, 0.15) is 89.6 Å². The van der Waals surface area contributed by atoms with Crippen molar-refractivity contribution in [3.8, 4) is 33.4 Å². The van der Waals surface area contributed by atoms with Gasteiger partial charge in [-0.2, -0.15) is 0 Å². The van der Waals surface area contributed by atoms with Crippen LogP contribution in [0.1, 0.15) is 0 Å². The molecule has 222 valence electrons. The molecule has 0 spiro atoms. The Morgan fingerprint density at radius 3 is 1.29 bits per heavy atom. The summed E-state index contributed by atoms with van der Waals surface area (Å²) in [5, 5.41) is 7.45. The first-order valence-corrected chi connectivity index (χ1v) is 17.5. The molecule has 0 bridgehead atoms. The Kier molecular flexibility index (Phi) is 7.49. The number of hydrogen-bond acceptors (Lipinski definition) is 1. The van der Waals surface area contributed by atoms with Gasteiger partial charge in [-0.25, -0.2) is 0 Å². The van der Waals surface area contributed by atoms with Crippen LogP contribution in [0.5, 0.6) is 0 Å².